The Morgan fingerprint density at radius 3 is 2.25 bits per heavy atom. The lowest BCUT2D eigenvalue weighted by atomic mass is 9.95. The van der Waals surface area contributed by atoms with Crippen LogP contribution in [0.1, 0.15) is 62.2 Å². The molecule has 0 unspecified atom stereocenters. The van der Waals surface area contributed by atoms with Gasteiger partial charge in [-0.3, -0.25) is 29.5 Å². The molecule has 0 saturated carbocycles. The predicted octanol–water partition coefficient (Wildman–Crippen LogP) is 5.99. The summed E-state index contributed by atoms with van der Waals surface area (Å²) < 4.78 is 7.26. The van der Waals surface area contributed by atoms with E-state index in [1.165, 1.54) is 16.9 Å². The number of carbonyl (C=O) groups excluding carboxylic acids is 4. The van der Waals surface area contributed by atoms with E-state index in [1.54, 1.807) is 18.1 Å². The Balaban J connectivity index is 0.783. The molecular formula is C49H56N10O5. The van der Waals surface area contributed by atoms with Gasteiger partial charge in [0.25, 0.3) is 11.8 Å². The molecule has 5 N–H and O–H groups in total. The minimum Gasteiger partial charge on any atom is -0.496 e. The highest BCUT2D eigenvalue weighted by atomic mass is 16.5. The van der Waals surface area contributed by atoms with Crippen LogP contribution in [0.15, 0.2) is 78.9 Å². The number of aryl methyl sites for hydroxylation is 4. The average Bonchev–Trinajstić information content (AvgIpc) is 3.57. The molecule has 5 heterocycles. The number of primary amides is 1. The largest absolute Gasteiger partial charge is 0.496 e. The molecule has 9 rings (SSSR count). The molecule has 3 fully saturated rings. The minimum atomic E-state index is -0.551. The van der Waals surface area contributed by atoms with Crippen molar-refractivity contribution in [2.24, 2.45) is 11.7 Å². The number of nitrogens with two attached hydrogens (primary N) is 1. The van der Waals surface area contributed by atoms with E-state index in [2.05, 4.69) is 61.0 Å². The Hall–Kier alpha value is -6.87. The summed E-state index contributed by atoms with van der Waals surface area (Å²) in [6.07, 6.45) is 3.35. The number of ether oxygens (including phenoxy) is 1. The van der Waals surface area contributed by atoms with E-state index in [1.807, 2.05) is 61.0 Å². The van der Waals surface area contributed by atoms with Gasteiger partial charge < -0.3 is 30.9 Å². The zero-order valence-corrected chi connectivity index (χ0v) is 36.8. The Kier molecular flexibility index (Phi) is 12.0. The first-order valence-corrected chi connectivity index (χ1v) is 22.3. The molecule has 5 aromatic rings. The van der Waals surface area contributed by atoms with Gasteiger partial charge in [0.2, 0.25) is 5.91 Å². The fourth-order valence-corrected chi connectivity index (χ4v) is 9.54. The Labute approximate surface area is 373 Å². The van der Waals surface area contributed by atoms with Crippen molar-refractivity contribution in [2.75, 3.05) is 79.5 Å². The second kappa shape index (κ2) is 18.1. The summed E-state index contributed by atoms with van der Waals surface area (Å²) in [5.74, 6) is 0.785. The van der Waals surface area contributed by atoms with Gasteiger partial charge >= 0.3 is 6.03 Å². The lowest BCUT2D eigenvalue weighted by Crippen LogP contribution is -2.49. The van der Waals surface area contributed by atoms with Crippen LogP contribution in [0.3, 0.4) is 0 Å². The monoisotopic (exact) mass is 864 g/mol. The number of piperidine rings is 1. The molecule has 0 aliphatic carbocycles. The van der Waals surface area contributed by atoms with E-state index in [0.29, 0.717) is 60.4 Å². The molecule has 64 heavy (non-hydrogen) atoms. The van der Waals surface area contributed by atoms with Gasteiger partial charge in [-0.25, -0.2) is 9.48 Å². The molecule has 0 bridgehead atoms. The van der Waals surface area contributed by atoms with Crippen molar-refractivity contribution in [3.05, 3.63) is 112 Å². The van der Waals surface area contributed by atoms with E-state index < -0.39 is 5.91 Å². The van der Waals surface area contributed by atoms with E-state index in [4.69, 9.17) is 15.6 Å². The molecule has 4 aliphatic heterocycles. The summed E-state index contributed by atoms with van der Waals surface area (Å²) >= 11 is 0. The first-order chi connectivity index (χ1) is 31.0. The Morgan fingerprint density at radius 2 is 1.53 bits per heavy atom. The highest BCUT2D eigenvalue weighted by molar-refractivity contribution is 6.06. The van der Waals surface area contributed by atoms with Crippen LogP contribution in [0.2, 0.25) is 0 Å². The second-order valence-electron chi connectivity index (χ2n) is 17.4. The number of methoxy groups -OCH3 is 1. The van der Waals surface area contributed by atoms with Crippen LogP contribution < -0.4 is 41.1 Å². The number of carbonyl (C=O) groups is 4. The summed E-state index contributed by atoms with van der Waals surface area (Å²) in [5.41, 5.74) is 16.4. The van der Waals surface area contributed by atoms with Crippen molar-refractivity contribution < 1.29 is 23.9 Å². The summed E-state index contributed by atoms with van der Waals surface area (Å²) in [6.45, 7) is 12.3. The van der Waals surface area contributed by atoms with Crippen molar-refractivity contribution in [1.29, 1.82) is 0 Å². The van der Waals surface area contributed by atoms with Gasteiger partial charge in [0, 0.05) is 100 Å². The SMILES string of the molecule is COc1ccc(C)cc1C(=O)NCc1ccc(-c2nn3c(c2C(N)=O)Nc2ccc(N4CCN(CC5CCN(c6ccc(N7CCC(=O)NC7=O)cc6)CC5)CC4)cc2CC3)cc1C. The van der Waals surface area contributed by atoms with Crippen LogP contribution in [0.5, 0.6) is 5.75 Å². The summed E-state index contributed by atoms with van der Waals surface area (Å²) in [4.78, 5) is 59.1. The van der Waals surface area contributed by atoms with Gasteiger partial charge in [0.05, 0.1) is 12.7 Å². The number of hydrogen-bond donors (Lipinski definition) is 4. The quantitative estimate of drug-likeness (QED) is 0.124. The summed E-state index contributed by atoms with van der Waals surface area (Å²) in [7, 11) is 1.55. The molecule has 5 amide bonds. The van der Waals surface area contributed by atoms with Crippen molar-refractivity contribution in [1.82, 2.24) is 25.3 Å². The third-order valence-electron chi connectivity index (χ3n) is 13.2. The number of imide groups is 1. The van der Waals surface area contributed by atoms with Crippen LogP contribution in [0, 0.1) is 19.8 Å². The topological polar surface area (TPSA) is 170 Å². The first-order valence-electron chi connectivity index (χ1n) is 22.3. The van der Waals surface area contributed by atoms with E-state index in [9.17, 15) is 19.2 Å². The van der Waals surface area contributed by atoms with Crippen LogP contribution in [0.4, 0.5) is 33.4 Å². The van der Waals surface area contributed by atoms with Crippen molar-refractivity contribution in [3.63, 3.8) is 0 Å². The van der Waals surface area contributed by atoms with Gasteiger partial charge in [-0.1, -0.05) is 23.8 Å². The number of nitrogens with zero attached hydrogens (tertiary/aromatic N) is 6. The number of piperazine rings is 1. The maximum Gasteiger partial charge on any atom is 0.328 e. The predicted molar refractivity (Wildman–Crippen MR) is 249 cm³/mol. The first kappa shape index (κ1) is 42.4. The average molecular weight is 865 g/mol. The van der Waals surface area contributed by atoms with Crippen molar-refractivity contribution in [3.8, 4) is 17.0 Å². The molecule has 0 radical (unpaired) electrons. The number of nitrogens with one attached hydrogen (secondary N) is 3. The molecular weight excluding hydrogens is 809 g/mol. The third kappa shape index (κ3) is 8.85. The van der Waals surface area contributed by atoms with E-state index in [0.717, 1.165) is 98.7 Å². The van der Waals surface area contributed by atoms with Crippen LogP contribution in [-0.2, 0) is 24.3 Å². The lowest BCUT2D eigenvalue weighted by molar-refractivity contribution is -0.120. The molecule has 15 nitrogen and oxygen atoms in total. The van der Waals surface area contributed by atoms with Crippen LogP contribution >= 0.6 is 0 Å². The van der Waals surface area contributed by atoms with Crippen molar-refractivity contribution >= 4 is 52.3 Å². The fraction of sp³-hybridized carbons (Fsp3) is 0.367. The fourth-order valence-electron chi connectivity index (χ4n) is 9.54. The van der Waals surface area contributed by atoms with Gasteiger partial charge in [-0.2, -0.15) is 5.10 Å². The van der Waals surface area contributed by atoms with Crippen LogP contribution in [0.25, 0.3) is 11.3 Å². The molecule has 0 spiro atoms. The maximum absolute atomic E-state index is 13.1. The number of urea groups is 1. The van der Waals surface area contributed by atoms with Gasteiger partial charge in [-0.05, 0) is 116 Å². The Bertz CT molecular complexity index is 2590. The number of rotatable bonds is 11. The standard InChI is InChI=1S/C49H56N10O5/c1-31-4-13-42(64-3)40(26-31)48(62)51-29-36-6-5-35(27-32(36)2)45-44(46(50)61)47-52-41-12-11-39(28-34(41)16-21-59(47)54-45)57-24-22-55(23-25-57)30-33-14-18-56(19-15-33)37-7-9-38(10-8-37)58-20-17-43(60)53-49(58)63/h4-13,26-28,33,52H,14-25,29-30H2,1-3H3,(H2,50,61)(H,51,62)(H,53,60,63). The molecule has 0 atom stereocenters. The van der Waals surface area contributed by atoms with Gasteiger partial charge in [-0.15, -0.1) is 0 Å². The van der Waals surface area contributed by atoms with E-state index >= 15 is 0 Å². The molecule has 4 aliphatic rings. The number of aromatic nitrogens is 2. The molecule has 15 heteroatoms. The molecule has 3 saturated heterocycles. The Morgan fingerprint density at radius 1 is 0.797 bits per heavy atom. The molecule has 1 aromatic heterocycles. The minimum absolute atomic E-state index is 0.214. The zero-order valence-electron chi connectivity index (χ0n) is 36.8. The summed E-state index contributed by atoms with van der Waals surface area (Å²) in [5, 5.41) is 13.9. The number of hydrogen-bond acceptors (Lipinski definition) is 10. The lowest BCUT2D eigenvalue weighted by Gasteiger charge is -2.40. The van der Waals surface area contributed by atoms with Gasteiger partial charge in [0.15, 0.2) is 0 Å². The number of amides is 5. The highest BCUT2D eigenvalue weighted by Gasteiger charge is 2.29. The smallest absolute Gasteiger partial charge is 0.328 e. The van der Waals surface area contributed by atoms with Crippen molar-refractivity contribution in [2.45, 2.75) is 52.6 Å². The van der Waals surface area contributed by atoms with E-state index in [-0.39, 0.29) is 17.8 Å². The normalized spacial score (nSPS) is 17.0. The third-order valence-corrected chi connectivity index (χ3v) is 13.2. The zero-order chi connectivity index (χ0) is 44.5. The number of anilines is 5. The summed E-state index contributed by atoms with van der Waals surface area (Å²) in [6, 6.07) is 25.7. The van der Waals surface area contributed by atoms with Gasteiger partial charge in [0.1, 0.15) is 22.8 Å². The number of fused-ring (bicyclic) bond motifs is 2. The molecule has 4 aromatic carbocycles. The molecule has 332 valence electrons. The second-order valence-corrected chi connectivity index (χ2v) is 17.4. The maximum atomic E-state index is 13.1. The number of benzene rings is 4. The van der Waals surface area contributed by atoms with Crippen LogP contribution in [-0.4, -0.2) is 97.9 Å². The highest BCUT2D eigenvalue weighted by Crippen LogP contribution is 2.37.